The third-order valence-electron chi connectivity index (χ3n) is 12.2. The molecule has 33 heavy (non-hydrogen) atoms. The van der Waals surface area contributed by atoms with Crippen LogP contribution in [0.4, 0.5) is 0 Å². The molecule has 0 aliphatic heterocycles. The summed E-state index contributed by atoms with van der Waals surface area (Å²) in [5.41, 5.74) is -0.111. The maximum atomic E-state index is 11.8. The van der Waals surface area contributed by atoms with Crippen molar-refractivity contribution in [2.24, 2.45) is 58.2 Å². The first-order valence-corrected chi connectivity index (χ1v) is 16.2. The number of rotatable bonds is 7. The fraction of sp³-hybridized carbons (Fsp3) is 1.00. The first-order chi connectivity index (χ1) is 15.4. The van der Waals surface area contributed by atoms with Crippen molar-refractivity contribution in [1.82, 2.24) is 0 Å². The van der Waals surface area contributed by atoms with Gasteiger partial charge in [0.05, 0.1) is 0 Å². The maximum absolute atomic E-state index is 11.8. The van der Waals surface area contributed by atoms with Gasteiger partial charge in [-0.2, -0.15) is 0 Å². The molecular formula is C29H52O3S. The van der Waals surface area contributed by atoms with E-state index in [-0.39, 0.29) is 11.8 Å². The fourth-order valence-electron chi connectivity index (χ4n) is 9.93. The molecule has 11 atom stereocenters. The highest BCUT2D eigenvalue weighted by Crippen LogP contribution is 2.68. The molecule has 0 aromatic carbocycles. The highest BCUT2D eigenvalue weighted by molar-refractivity contribution is 7.91. The Morgan fingerprint density at radius 2 is 1.55 bits per heavy atom. The van der Waals surface area contributed by atoms with E-state index in [9.17, 15) is 13.5 Å². The molecule has 0 aromatic heterocycles. The van der Waals surface area contributed by atoms with Gasteiger partial charge in [0, 0.05) is 6.26 Å². The van der Waals surface area contributed by atoms with E-state index < -0.39 is 15.3 Å². The molecular weight excluding hydrogens is 428 g/mol. The van der Waals surface area contributed by atoms with Crippen LogP contribution in [0.2, 0.25) is 0 Å². The molecule has 0 bridgehead atoms. The van der Waals surface area contributed by atoms with Crippen molar-refractivity contribution in [1.29, 1.82) is 0 Å². The second-order valence-electron chi connectivity index (χ2n) is 13.7. The molecule has 4 saturated carbocycles. The number of sulfone groups is 1. The predicted molar refractivity (Wildman–Crippen MR) is 137 cm³/mol. The summed E-state index contributed by atoms with van der Waals surface area (Å²) in [5.74, 6) is 5.36. The quantitative estimate of drug-likeness (QED) is 0.423. The lowest BCUT2D eigenvalue weighted by molar-refractivity contribution is -0.114. The Balaban J connectivity index is 1.40. The monoisotopic (exact) mass is 480 g/mol. The Morgan fingerprint density at radius 1 is 0.848 bits per heavy atom. The minimum atomic E-state index is -3.40. The Bertz CT molecular complexity index is 793. The van der Waals surface area contributed by atoms with Crippen LogP contribution in [-0.2, 0) is 9.84 Å². The van der Waals surface area contributed by atoms with E-state index >= 15 is 0 Å². The number of hydrogen-bond donors (Lipinski definition) is 1. The highest BCUT2D eigenvalue weighted by Gasteiger charge is 2.60. The van der Waals surface area contributed by atoms with E-state index in [1.807, 2.05) is 6.92 Å². The third kappa shape index (κ3) is 4.58. The lowest BCUT2D eigenvalue weighted by atomic mass is 9.44. The van der Waals surface area contributed by atoms with Crippen molar-refractivity contribution in [2.75, 3.05) is 6.26 Å². The second-order valence-corrected chi connectivity index (χ2v) is 15.9. The molecule has 0 saturated heterocycles. The van der Waals surface area contributed by atoms with Crippen LogP contribution in [-0.4, -0.2) is 25.2 Å². The molecule has 0 amide bonds. The standard InChI is InChI=1S/C29H52O3S/c1-19(21(3)27(30)33(6,31)32)10-11-20(2)24-14-15-25-23-13-12-22-9-7-8-17-28(22,4)26(23)16-18-29(24,25)5/h19-27,30H,7-18H2,1-6H3/t19-,20+,21?,22?,23-,24+,25-,26-,27?,28-,29+/m0/s1. The van der Waals surface area contributed by atoms with Crippen molar-refractivity contribution in [3.8, 4) is 0 Å². The number of aliphatic hydroxyl groups excluding tert-OH is 1. The normalized spacial score (nSPS) is 44.8. The molecule has 0 radical (unpaired) electrons. The molecule has 4 rings (SSSR count). The van der Waals surface area contributed by atoms with Crippen LogP contribution in [0.15, 0.2) is 0 Å². The van der Waals surface area contributed by atoms with E-state index in [1.165, 1.54) is 64.2 Å². The average Bonchev–Trinajstić information content (AvgIpc) is 3.12. The van der Waals surface area contributed by atoms with E-state index in [1.54, 1.807) is 0 Å². The Labute approximate surface area is 204 Å². The summed E-state index contributed by atoms with van der Waals surface area (Å²) >= 11 is 0. The topological polar surface area (TPSA) is 54.4 Å². The highest BCUT2D eigenvalue weighted by atomic mass is 32.2. The zero-order valence-corrected chi connectivity index (χ0v) is 23.2. The molecule has 4 aliphatic carbocycles. The van der Waals surface area contributed by atoms with Crippen LogP contribution in [0.5, 0.6) is 0 Å². The van der Waals surface area contributed by atoms with Gasteiger partial charge in [-0.15, -0.1) is 0 Å². The van der Waals surface area contributed by atoms with Gasteiger partial charge in [-0.25, -0.2) is 8.42 Å². The van der Waals surface area contributed by atoms with Crippen LogP contribution >= 0.6 is 0 Å². The molecule has 0 spiro atoms. The van der Waals surface area contributed by atoms with Crippen molar-refractivity contribution in [3.05, 3.63) is 0 Å². The van der Waals surface area contributed by atoms with Crippen LogP contribution < -0.4 is 0 Å². The summed E-state index contributed by atoms with van der Waals surface area (Å²) in [6.07, 6.45) is 17.9. The van der Waals surface area contributed by atoms with Gasteiger partial charge in [0.2, 0.25) is 0 Å². The van der Waals surface area contributed by atoms with E-state index in [0.717, 1.165) is 48.7 Å². The third-order valence-corrected chi connectivity index (χ3v) is 13.5. The summed E-state index contributed by atoms with van der Waals surface area (Å²) < 4.78 is 23.6. The SMILES string of the molecule is CC(C(O)S(C)(=O)=O)[C@@H](C)CC[C@@H](C)[C@H]1CC[C@H]2[C@@H]3CCC4CCCC[C@]4(C)[C@H]3CC[C@]12C. The van der Waals surface area contributed by atoms with Gasteiger partial charge in [-0.05, 0) is 110 Å². The fourth-order valence-corrected chi connectivity index (χ4v) is 11.0. The van der Waals surface area contributed by atoms with Crippen molar-refractivity contribution in [2.45, 2.75) is 117 Å². The minimum Gasteiger partial charge on any atom is -0.377 e. The zero-order chi connectivity index (χ0) is 24.2. The first kappa shape index (κ1) is 26.0. The summed E-state index contributed by atoms with van der Waals surface area (Å²) in [7, 11) is -3.40. The van der Waals surface area contributed by atoms with Crippen molar-refractivity contribution >= 4 is 9.84 Å². The van der Waals surface area contributed by atoms with Crippen LogP contribution in [0.25, 0.3) is 0 Å². The summed E-state index contributed by atoms with van der Waals surface area (Å²) in [6.45, 7) is 11.8. The van der Waals surface area contributed by atoms with Crippen LogP contribution in [0.3, 0.4) is 0 Å². The first-order valence-electron chi connectivity index (χ1n) is 14.3. The number of hydrogen-bond acceptors (Lipinski definition) is 3. The van der Waals surface area contributed by atoms with Gasteiger partial charge in [0.25, 0.3) is 0 Å². The number of fused-ring (bicyclic) bond motifs is 5. The predicted octanol–water partition coefficient (Wildman–Crippen LogP) is 7.09. The maximum Gasteiger partial charge on any atom is 0.174 e. The lowest BCUT2D eigenvalue weighted by Gasteiger charge is -2.61. The molecule has 1 N–H and O–H groups in total. The zero-order valence-electron chi connectivity index (χ0n) is 22.4. The minimum absolute atomic E-state index is 0.207. The summed E-state index contributed by atoms with van der Waals surface area (Å²) in [4.78, 5) is 0. The Kier molecular flexibility index (Phi) is 7.41. The Hall–Kier alpha value is -0.0900. The molecule has 0 aromatic rings. The summed E-state index contributed by atoms with van der Waals surface area (Å²) in [6, 6.07) is 0. The second kappa shape index (κ2) is 9.41. The van der Waals surface area contributed by atoms with Crippen molar-refractivity contribution in [3.63, 3.8) is 0 Å². The van der Waals surface area contributed by atoms with Gasteiger partial charge >= 0.3 is 0 Å². The summed E-state index contributed by atoms with van der Waals surface area (Å²) in [5, 5.41) is 10.2. The molecule has 3 unspecified atom stereocenters. The largest absolute Gasteiger partial charge is 0.377 e. The van der Waals surface area contributed by atoms with Gasteiger partial charge in [-0.3, -0.25) is 0 Å². The van der Waals surface area contributed by atoms with E-state index in [2.05, 4.69) is 27.7 Å². The molecule has 0 heterocycles. The van der Waals surface area contributed by atoms with E-state index in [4.69, 9.17) is 0 Å². The van der Waals surface area contributed by atoms with Crippen LogP contribution in [0.1, 0.15) is 112 Å². The molecule has 3 nitrogen and oxygen atoms in total. The molecule has 4 heteroatoms. The number of aliphatic hydroxyl groups is 1. The van der Waals surface area contributed by atoms with Gasteiger partial charge in [0.1, 0.15) is 0 Å². The smallest absolute Gasteiger partial charge is 0.174 e. The van der Waals surface area contributed by atoms with Crippen LogP contribution in [0, 0.1) is 58.2 Å². The average molecular weight is 481 g/mol. The van der Waals surface area contributed by atoms with Gasteiger partial charge < -0.3 is 5.11 Å². The molecule has 4 aliphatic rings. The van der Waals surface area contributed by atoms with Crippen molar-refractivity contribution < 1.29 is 13.5 Å². The molecule has 192 valence electrons. The van der Waals surface area contributed by atoms with E-state index in [0.29, 0.717) is 16.7 Å². The van der Waals surface area contributed by atoms with Gasteiger partial charge in [0.15, 0.2) is 15.3 Å². The van der Waals surface area contributed by atoms with Gasteiger partial charge in [-0.1, -0.05) is 60.3 Å². The molecule has 4 fully saturated rings. The Morgan fingerprint density at radius 3 is 2.24 bits per heavy atom. The lowest BCUT2D eigenvalue weighted by Crippen LogP contribution is -2.53.